The molecule has 7 heteroatoms. The first-order valence-electron chi connectivity index (χ1n) is 11.1. The van der Waals surface area contributed by atoms with Gasteiger partial charge in [-0.1, -0.05) is 24.1 Å². The number of nitriles is 1. The molecule has 0 atom stereocenters. The Bertz CT molecular complexity index is 1460. The standard InChI is InChI=1S/C27H22N6O/c1-31-13-15-32(16-14-31)27(34)23-8-6-22(7-9-23)25-11-12-26-29-19-24(33(26)30-25)10-5-20-3-2-4-21(17-20)18-28/h2-4,6-9,11-12,17,19H,13-16H2,1H3. The minimum Gasteiger partial charge on any atom is -0.336 e. The Morgan fingerprint density at radius 3 is 2.47 bits per heavy atom. The highest BCUT2D eigenvalue weighted by atomic mass is 16.2. The highest BCUT2D eigenvalue weighted by Gasteiger charge is 2.20. The van der Waals surface area contributed by atoms with Crippen LogP contribution in [0.2, 0.25) is 0 Å². The number of amides is 1. The summed E-state index contributed by atoms with van der Waals surface area (Å²) in [5.74, 6) is 6.25. The molecule has 0 N–H and O–H groups in total. The number of rotatable bonds is 2. The molecular formula is C27H22N6O. The zero-order valence-corrected chi connectivity index (χ0v) is 18.8. The first-order chi connectivity index (χ1) is 16.6. The molecule has 2 aromatic carbocycles. The molecule has 0 spiro atoms. The van der Waals surface area contributed by atoms with E-state index in [1.165, 1.54) is 0 Å². The van der Waals surface area contributed by atoms with E-state index in [-0.39, 0.29) is 5.91 Å². The molecule has 0 bridgehead atoms. The molecule has 1 fully saturated rings. The molecule has 0 saturated carbocycles. The fourth-order valence-electron chi connectivity index (χ4n) is 3.89. The molecule has 7 nitrogen and oxygen atoms in total. The Hall–Kier alpha value is -4.46. The smallest absolute Gasteiger partial charge is 0.253 e. The van der Waals surface area contributed by atoms with Crippen molar-refractivity contribution in [1.82, 2.24) is 24.4 Å². The van der Waals surface area contributed by atoms with Gasteiger partial charge in [0.2, 0.25) is 0 Å². The lowest BCUT2D eigenvalue weighted by molar-refractivity contribution is 0.0664. The minimum absolute atomic E-state index is 0.0655. The van der Waals surface area contributed by atoms with Crippen molar-refractivity contribution in [3.8, 4) is 29.2 Å². The Morgan fingerprint density at radius 2 is 1.71 bits per heavy atom. The molecule has 0 aliphatic carbocycles. The molecule has 1 saturated heterocycles. The van der Waals surface area contributed by atoms with Crippen LogP contribution < -0.4 is 0 Å². The first kappa shape index (κ1) is 21.4. The monoisotopic (exact) mass is 446 g/mol. The third-order valence-corrected chi connectivity index (χ3v) is 5.91. The van der Waals surface area contributed by atoms with Gasteiger partial charge >= 0.3 is 0 Å². The molecule has 0 radical (unpaired) electrons. The summed E-state index contributed by atoms with van der Waals surface area (Å²) in [6.07, 6.45) is 1.69. The number of piperazine rings is 1. The van der Waals surface area contributed by atoms with Crippen molar-refractivity contribution < 1.29 is 4.79 Å². The SMILES string of the molecule is CN1CCN(C(=O)c2ccc(-c3ccc4ncc(C#Cc5cccc(C#N)c5)n4n3)cc2)CC1. The van der Waals surface area contributed by atoms with Crippen LogP contribution in [0.3, 0.4) is 0 Å². The third-order valence-electron chi connectivity index (χ3n) is 5.91. The van der Waals surface area contributed by atoms with Gasteiger partial charge in [-0.25, -0.2) is 9.50 Å². The van der Waals surface area contributed by atoms with Gasteiger partial charge in [0.15, 0.2) is 5.65 Å². The lowest BCUT2D eigenvalue weighted by atomic mass is 10.1. The highest BCUT2D eigenvalue weighted by molar-refractivity contribution is 5.94. The van der Waals surface area contributed by atoms with Gasteiger partial charge in [-0.05, 0) is 55.4 Å². The van der Waals surface area contributed by atoms with Crippen LogP contribution >= 0.6 is 0 Å². The summed E-state index contributed by atoms with van der Waals surface area (Å²) >= 11 is 0. The Labute approximate surface area is 197 Å². The van der Waals surface area contributed by atoms with Crippen LogP contribution in [-0.4, -0.2) is 63.5 Å². The van der Waals surface area contributed by atoms with E-state index < -0.39 is 0 Å². The van der Waals surface area contributed by atoms with Gasteiger partial charge in [0.1, 0.15) is 5.69 Å². The number of likely N-dealkylation sites (N-methyl/N-ethyl adjacent to an activating group) is 1. The first-order valence-corrected chi connectivity index (χ1v) is 11.1. The van der Waals surface area contributed by atoms with Gasteiger partial charge in [0, 0.05) is 42.9 Å². The van der Waals surface area contributed by atoms with Crippen LogP contribution in [0.1, 0.15) is 27.2 Å². The number of carbonyl (C=O) groups excluding carboxylic acids is 1. The number of hydrogen-bond donors (Lipinski definition) is 0. The lowest BCUT2D eigenvalue weighted by Gasteiger charge is -2.32. The summed E-state index contributed by atoms with van der Waals surface area (Å²) in [7, 11) is 2.07. The number of fused-ring (bicyclic) bond motifs is 1. The molecule has 1 aliphatic heterocycles. The fraction of sp³-hybridized carbons (Fsp3) is 0.185. The van der Waals surface area contributed by atoms with E-state index in [0.717, 1.165) is 43.0 Å². The molecule has 4 aromatic rings. The molecule has 2 aromatic heterocycles. The largest absolute Gasteiger partial charge is 0.336 e. The summed E-state index contributed by atoms with van der Waals surface area (Å²) in [4.78, 5) is 21.3. The van der Waals surface area contributed by atoms with Gasteiger partial charge in [0.25, 0.3) is 5.91 Å². The number of aromatic nitrogens is 3. The third kappa shape index (κ3) is 4.38. The molecule has 5 rings (SSSR count). The topological polar surface area (TPSA) is 77.5 Å². The van der Waals surface area contributed by atoms with Gasteiger partial charge in [-0.15, -0.1) is 0 Å². The van der Waals surface area contributed by atoms with E-state index in [1.807, 2.05) is 53.4 Å². The van der Waals surface area contributed by atoms with E-state index in [4.69, 9.17) is 10.4 Å². The van der Waals surface area contributed by atoms with E-state index in [9.17, 15) is 4.79 Å². The molecule has 1 aliphatic rings. The summed E-state index contributed by atoms with van der Waals surface area (Å²) in [6.45, 7) is 3.29. The second-order valence-corrected chi connectivity index (χ2v) is 8.25. The number of hydrogen-bond acceptors (Lipinski definition) is 5. The zero-order valence-electron chi connectivity index (χ0n) is 18.8. The second-order valence-electron chi connectivity index (χ2n) is 8.25. The van der Waals surface area contributed by atoms with Crippen LogP contribution in [0, 0.1) is 23.2 Å². The maximum absolute atomic E-state index is 12.8. The Morgan fingerprint density at radius 1 is 0.941 bits per heavy atom. The molecule has 3 heterocycles. The molecular weight excluding hydrogens is 424 g/mol. The number of benzene rings is 2. The molecule has 166 valence electrons. The predicted octanol–water partition coefficient (Wildman–Crippen LogP) is 3.06. The molecule has 0 unspecified atom stereocenters. The Kier molecular flexibility index (Phi) is 5.78. The average Bonchev–Trinajstić information content (AvgIpc) is 3.30. The average molecular weight is 447 g/mol. The summed E-state index contributed by atoms with van der Waals surface area (Å²) in [6, 6.07) is 20.7. The zero-order chi connectivity index (χ0) is 23.5. The maximum atomic E-state index is 12.8. The van der Waals surface area contributed by atoms with Gasteiger partial charge in [-0.3, -0.25) is 4.79 Å². The summed E-state index contributed by atoms with van der Waals surface area (Å²) in [5.41, 5.74) is 5.03. The van der Waals surface area contributed by atoms with Crippen molar-refractivity contribution in [2.75, 3.05) is 33.2 Å². The predicted molar refractivity (Wildman–Crippen MR) is 129 cm³/mol. The van der Waals surface area contributed by atoms with Crippen molar-refractivity contribution >= 4 is 11.6 Å². The van der Waals surface area contributed by atoms with E-state index in [1.54, 1.807) is 22.8 Å². The van der Waals surface area contributed by atoms with Crippen molar-refractivity contribution in [1.29, 1.82) is 5.26 Å². The maximum Gasteiger partial charge on any atom is 0.253 e. The van der Waals surface area contributed by atoms with Crippen LogP contribution in [0.15, 0.2) is 66.9 Å². The summed E-state index contributed by atoms with van der Waals surface area (Å²) in [5, 5.41) is 13.8. The van der Waals surface area contributed by atoms with E-state index in [0.29, 0.717) is 22.5 Å². The van der Waals surface area contributed by atoms with Crippen molar-refractivity contribution in [2.24, 2.45) is 0 Å². The molecule has 1 amide bonds. The van der Waals surface area contributed by atoms with Crippen LogP contribution in [-0.2, 0) is 0 Å². The number of nitrogens with zero attached hydrogens (tertiary/aromatic N) is 6. The van der Waals surface area contributed by atoms with Crippen molar-refractivity contribution in [3.63, 3.8) is 0 Å². The van der Waals surface area contributed by atoms with Crippen molar-refractivity contribution in [3.05, 3.63) is 89.2 Å². The van der Waals surface area contributed by atoms with Crippen LogP contribution in [0.5, 0.6) is 0 Å². The lowest BCUT2D eigenvalue weighted by Crippen LogP contribution is -2.47. The minimum atomic E-state index is 0.0655. The normalized spacial score (nSPS) is 13.8. The molecule has 34 heavy (non-hydrogen) atoms. The van der Waals surface area contributed by atoms with Gasteiger partial charge in [0.05, 0.1) is 23.5 Å². The van der Waals surface area contributed by atoms with Gasteiger partial charge < -0.3 is 9.80 Å². The summed E-state index contributed by atoms with van der Waals surface area (Å²) < 4.78 is 1.71. The highest BCUT2D eigenvalue weighted by Crippen LogP contribution is 2.20. The number of imidazole rings is 1. The van der Waals surface area contributed by atoms with Crippen molar-refractivity contribution in [2.45, 2.75) is 0 Å². The quantitative estimate of drug-likeness (QED) is 0.443. The van der Waals surface area contributed by atoms with Gasteiger partial charge in [-0.2, -0.15) is 10.4 Å². The van der Waals surface area contributed by atoms with E-state index >= 15 is 0 Å². The van der Waals surface area contributed by atoms with Crippen LogP contribution in [0.4, 0.5) is 0 Å². The Balaban J connectivity index is 1.39. The van der Waals surface area contributed by atoms with E-state index in [2.05, 4.69) is 34.8 Å². The van der Waals surface area contributed by atoms with Crippen LogP contribution in [0.25, 0.3) is 16.9 Å². The fourth-order valence-corrected chi connectivity index (χ4v) is 3.89. The number of carbonyl (C=O) groups is 1. The second kappa shape index (κ2) is 9.19.